The Bertz CT molecular complexity index is 1160. The average molecular weight is 429 g/mol. The lowest BCUT2D eigenvalue weighted by atomic mass is 9.76. The van der Waals surface area contributed by atoms with Gasteiger partial charge in [-0.25, -0.2) is 8.42 Å². The highest BCUT2D eigenvalue weighted by Crippen LogP contribution is 2.55. The Hall–Kier alpha value is -2.87. The van der Waals surface area contributed by atoms with Gasteiger partial charge in [0.25, 0.3) is 5.69 Å². The van der Waals surface area contributed by atoms with E-state index < -0.39 is 25.9 Å². The van der Waals surface area contributed by atoms with Crippen LogP contribution >= 0.6 is 0 Å². The molecule has 0 N–H and O–H groups in total. The molecule has 1 spiro atoms. The second kappa shape index (κ2) is 6.84. The number of benzene rings is 2. The van der Waals surface area contributed by atoms with Gasteiger partial charge in [-0.15, -0.1) is 0 Å². The van der Waals surface area contributed by atoms with Crippen LogP contribution in [0, 0.1) is 10.1 Å². The molecule has 2 aromatic carbocycles. The average Bonchev–Trinajstić information content (AvgIpc) is 2.85. The zero-order chi connectivity index (χ0) is 21.7. The number of nitro benzene ring substituents is 1. The molecule has 0 aromatic heterocycles. The van der Waals surface area contributed by atoms with Gasteiger partial charge in [0.05, 0.1) is 16.1 Å². The normalized spacial score (nSPS) is 21.2. The number of nitrogens with zero attached hydrogens (tertiary/aromatic N) is 2. The van der Waals surface area contributed by atoms with Crippen molar-refractivity contribution >= 4 is 27.3 Å². The summed E-state index contributed by atoms with van der Waals surface area (Å²) in [6, 6.07) is 12.6. The lowest BCUT2D eigenvalue weighted by molar-refractivity contribution is -0.384. The fourth-order valence-electron chi connectivity index (χ4n) is 4.48. The number of ether oxygens (including phenoxy) is 1. The van der Waals surface area contributed by atoms with E-state index in [0.717, 1.165) is 11.3 Å². The van der Waals surface area contributed by atoms with Crippen LogP contribution in [-0.4, -0.2) is 37.6 Å². The largest absolute Gasteiger partial charge is 0.463 e. The van der Waals surface area contributed by atoms with Crippen molar-refractivity contribution in [3.8, 4) is 5.75 Å². The van der Waals surface area contributed by atoms with E-state index in [-0.39, 0.29) is 11.4 Å². The zero-order valence-electron chi connectivity index (χ0n) is 17.2. The van der Waals surface area contributed by atoms with Crippen LogP contribution in [0.5, 0.6) is 5.75 Å². The monoisotopic (exact) mass is 428 g/mol. The summed E-state index contributed by atoms with van der Waals surface area (Å²) in [5.41, 5.74) is 1.47. The molecule has 0 bridgehead atoms. The molecule has 30 heavy (non-hydrogen) atoms. The summed E-state index contributed by atoms with van der Waals surface area (Å²) in [6.07, 6.45) is 5.52. The highest BCUT2D eigenvalue weighted by atomic mass is 32.2. The molecule has 158 valence electrons. The van der Waals surface area contributed by atoms with Crippen LogP contribution in [0.4, 0.5) is 11.4 Å². The maximum Gasteiger partial charge on any atom is 0.270 e. The summed E-state index contributed by atoms with van der Waals surface area (Å²) in [6.45, 7) is 4.70. The number of anilines is 1. The Balaban J connectivity index is 1.78. The van der Waals surface area contributed by atoms with Crippen molar-refractivity contribution in [2.75, 3.05) is 23.5 Å². The Morgan fingerprint density at radius 1 is 1.17 bits per heavy atom. The molecular formula is C22H24N2O5S. The molecule has 8 heteroatoms. The quantitative estimate of drug-likeness (QED) is 0.529. The zero-order valence-corrected chi connectivity index (χ0v) is 18.0. The van der Waals surface area contributed by atoms with E-state index in [9.17, 15) is 18.5 Å². The molecule has 0 saturated heterocycles. The number of fused-ring (bicyclic) bond motifs is 2. The van der Waals surface area contributed by atoms with Crippen molar-refractivity contribution < 1.29 is 18.1 Å². The number of hydrogen-bond acceptors (Lipinski definition) is 6. The van der Waals surface area contributed by atoms with Gasteiger partial charge in [0, 0.05) is 36.2 Å². The predicted octanol–water partition coefficient (Wildman–Crippen LogP) is 3.93. The molecule has 0 fully saturated rings. The molecular weight excluding hydrogens is 404 g/mol. The van der Waals surface area contributed by atoms with E-state index in [4.69, 9.17) is 4.74 Å². The van der Waals surface area contributed by atoms with Crippen molar-refractivity contribution in [1.82, 2.24) is 0 Å². The summed E-state index contributed by atoms with van der Waals surface area (Å²) in [7, 11) is -3.08. The van der Waals surface area contributed by atoms with Gasteiger partial charge in [-0.3, -0.25) is 10.1 Å². The second-order valence-electron chi connectivity index (χ2n) is 8.39. The van der Waals surface area contributed by atoms with Crippen molar-refractivity contribution in [2.24, 2.45) is 0 Å². The first kappa shape index (κ1) is 20.4. The lowest BCUT2D eigenvalue weighted by Gasteiger charge is -2.47. The Kier molecular flexibility index (Phi) is 4.65. The Labute approximate surface area is 176 Å². The maximum atomic E-state index is 11.7. The van der Waals surface area contributed by atoms with Crippen molar-refractivity contribution in [3.63, 3.8) is 0 Å². The molecule has 4 rings (SSSR count). The fraction of sp³-hybridized carbons (Fsp3) is 0.364. The second-order valence-corrected chi connectivity index (χ2v) is 10.6. The van der Waals surface area contributed by atoms with Crippen LogP contribution in [0.1, 0.15) is 31.4 Å². The number of rotatable bonds is 5. The summed E-state index contributed by atoms with van der Waals surface area (Å²) in [5.74, 6) is 0.659. The highest BCUT2D eigenvalue weighted by Gasteiger charge is 2.58. The standard InChI is InChI=1S/C22H24N2O5S/c1-21(2)18-7-4-5-8-19(18)23(13-6-14-30(3,27)28)22(21)12-11-16-15-17(24(25)26)9-10-20(16)29-22/h4-5,7-12,15H,6,13-14H2,1-3H3. The van der Waals surface area contributed by atoms with Crippen LogP contribution in [-0.2, 0) is 15.3 Å². The molecule has 0 amide bonds. The van der Waals surface area contributed by atoms with E-state index in [1.54, 1.807) is 6.07 Å². The SMILES string of the molecule is CC1(C)c2ccccc2N(CCCS(C)(=O)=O)C12C=Cc1cc([N+](=O)[O-])ccc1O2. The summed E-state index contributed by atoms with van der Waals surface area (Å²) in [4.78, 5) is 12.8. The van der Waals surface area contributed by atoms with Gasteiger partial charge in [0.15, 0.2) is 0 Å². The molecule has 1 atom stereocenters. The lowest BCUT2D eigenvalue weighted by Crippen LogP contribution is -2.59. The molecule has 2 heterocycles. The van der Waals surface area contributed by atoms with Crippen molar-refractivity contribution in [1.29, 1.82) is 0 Å². The topological polar surface area (TPSA) is 89.8 Å². The van der Waals surface area contributed by atoms with Crippen LogP contribution in [0.15, 0.2) is 48.5 Å². The fourth-order valence-corrected chi connectivity index (χ4v) is 5.13. The number of non-ortho nitro benzene ring substituents is 1. The van der Waals surface area contributed by atoms with Gasteiger partial charge >= 0.3 is 0 Å². The third kappa shape index (κ3) is 3.15. The predicted molar refractivity (Wildman–Crippen MR) is 117 cm³/mol. The summed E-state index contributed by atoms with van der Waals surface area (Å²) in [5, 5.41) is 11.1. The van der Waals surface area contributed by atoms with Crippen molar-refractivity contribution in [3.05, 3.63) is 69.8 Å². The van der Waals surface area contributed by atoms with Gasteiger partial charge in [0.2, 0.25) is 5.72 Å². The van der Waals surface area contributed by atoms with Crippen molar-refractivity contribution in [2.45, 2.75) is 31.4 Å². The van der Waals surface area contributed by atoms with Crippen LogP contribution in [0.2, 0.25) is 0 Å². The van der Waals surface area contributed by atoms with Gasteiger partial charge < -0.3 is 9.64 Å². The molecule has 0 aliphatic carbocycles. The number of para-hydroxylation sites is 1. The van der Waals surface area contributed by atoms with Crippen LogP contribution < -0.4 is 9.64 Å². The Morgan fingerprint density at radius 3 is 2.60 bits per heavy atom. The van der Waals surface area contributed by atoms with Gasteiger partial charge in [-0.2, -0.15) is 0 Å². The smallest absolute Gasteiger partial charge is 0.270 e. The minimum absolute atomic E-state index is 0.0110. The molecule has 2 aliphatic heterocycles. The molecule has 1 unspecified atom stereocenters. The Morgan fingerprint density at radius 2 is 1.90 bits per heavy atom. The van der Waals surface area contributed by atoms with Crippen LogP contribution in [0.3, 0.4) is 0 Å². The maximum absolute atomic E-state index is 11.7. The summed E-state index contributed by atoms with van der Waals surface area (Å²) < 4.78 is 29.9. The number of sulfone groups is 1. The molecule has 0 saturated carbocycles. The third-order valence-corrected chi connectivity index (χ3v) is 7.05. The van der Waals surface area contributed by atoms with Crippen LogP contribution in [0.25, 0.3) is 6.08 Å². The first-order valence-corrected chi connectivity index (χ1v) is 11.8. The minimum atomic E-state index is -3.08. The van der Waals surface area contributed by atoms with Gasteiger partial charge in [-0.05, 0) is 50.1 Å². The van der Waals surface area contributed by atoms with E-state index in [1.807, 2.05) is 30.4 Å². The highest BCUT2D eigenvalue weighted by molar-refractivity contribution is 7.90. The first-order chi connectivity index (χ1) is 14.1. The number of hydrogen-bond donors (Lipinski definition) is 0. The van der Waals surface area contributed by atoms with Gasteiger partial charge in [0.1, 0.15) is 15.6 Å². The molecule has 2 aromatic rings. The van der Waals surface area contributed by atoms with E-state index >= 15 is 0 Å². The van der Waals surface area contributed by atoms with E-state index in [0.29, 0.717) is 24.3 Å². The first-order valence-electron chi connectivity index (χ1n) is 9.77. The third-order valence-electron chi connectivity index (χ3n) is 6.02. The van der Waals surface area contributed by atoms with Gasteiger partial charge in [-0.1, -0.05) is 18.2 Å². The minimum Gasteiger partial charge on any atom is -0.463 e. The molecule has 7 nitrogen and oxygen atoms in total. The number of nitro groups is 1. The summed E-state index contributed by atoms with van der Waals surface area (Å²) >= 11 is 0. The van der Waals surface area contributed by atoms with E-state index in [1.165, 1.54) is 18.4 Å². The van der Waals surface area contributed by atoms with E-state index in [2.05, 4.69) is 24.8 Å². The molecule has 0 radical (unpaired) electrons. The molecule has 2 aliphatic rings.